The Kier molecular flexibility index (Phi) is 5.48. The highest BCUT2D eigenvalue weighted by Gasteiger charge is 2.21. The van der Waals surface area contributed by atoms with Crippen LogP contribution in [0.2, 0.25) is 5.02 Å². The normalized spacial score (nSPS) is 10.8. The number of anilines is 1. The molecule has 0 atom stereocenters. The summed E-state index contributed by atoms with van der Waals surface area (Å²) in [5, 5.41) is 5.23. The molecule has 4 rings (SSSR count). The fraction of sp³-hybridized carbons (Fsp3) is 0.0909. The lowest BCUT2D eigenvalue weighted by Crippen LogP contribution is -2.15. The number of benzene rings is 2. The summed E-state index contributed by atoms with van der Waals surface area (Å²) in [6, 6.07) is 13.2. The van der Waals surface area contributed by atoms with Crippen LogP contribution in [-0.2, 0) is 0 Å². The minimum atomic E-state index is -0.372. The number of hydrogen-bond acceptors (Lipinski definition) is 6. The first-order valence-corrected chi connectivity index (χ1v) is 10.1. The van der Waals surface area contributed by atoms with Crippen LogP contribution in [0.25, 0.3) is 22.1 Å². The van der Waals surface area contributed by atoms with Crippen LogP contribution in [0.5, 0.6) is 11.5 Å². The summed E-state index contributed by atoms with van der Waals surface area (Å²) in [5.41, 5.74) is 0.683. The molecule has 0 aliphatic carbocycles. The van der Waals surface area contributed by atoms with Crippen molar-refractivity contribution in [3.8, 4) is 22.6 Å². The van der Waals surface area contributed by atoms with Crippen LogP contribution >= 0.6 is 22.9 Å². The van der Waals surface area contributed by atoms with Crippen molar-refractivity contribution in [3.63, 3.8) is 0 Å². The summed E-state index contributed by atoms with van der Waals surface area (Å²) in [6.07, 6.45) is 0. The lowest BCUT2D eigenvalue weighted by Gasteiger charge is -2.13. The number of methoxy groups -OCH3 is 2. The summed E-state index contributed by atoms with van der Waals surface area (Å²) in [5.74, 6) is 0.624. The third-order valence-corrected chi connectivity index (χ3v) is 5.60. The van der Waals surface area contributed by atoms with E-state index in [0.29, 0.717) is 37.9 Å². The smallest absolute Gasteiger partial charge is 0.268 e. The van der Waals surface area contributed by atoms with E-state index in [4.69, 9.17) is 25.5 Å². The molecule has 8 heteroatoms. The van der Waals surface area contributed by atoms with Gasteiger partial charge in [-0.15, -0.1) is 11.3 Å². The van der Waals surface area contributed by atoms with Crippen LogP contribution < -0.4 is 20.2 Å². The Labute approximate surface area is 180 Å². The first kappa shape index (κ1) is 20.0. The van der Waals surface area contributed by atoms with Crippen LogP contribution in [-0.4, -0.2) is 20.1 Å². The van der Waals surface area contributed by atoms with E-state index < -0.39 is 0 Å². The van der Waals surface area contributed by atoms with E-state index in [2.05, 4.69) is 5.32 Å². The van der Waals surface area contributed by atoms with Gasteiger partial charge in [-0.2, -0.15) is 0 Å². The SMILES string of the molecule is COc1ccc(-c2c(NC(=O)c3cccs3)oc3ccc(Cl)cc3c2=O)cc1OC. The van der Waals surface area contributed by atoms with Crippen LogP contribution in [0, 0.1) is 0 Å². The molecule has 0 unspecified atom stereocenters. The van der Waals surface area contributed by atoms with Gasteiger partial charge in [-0.3, -0.25) is 14.9 Å². The van der Waals surface area contributed by atoms with E-state index in [1.165, 1.54) is 31.6 Å². The molecule has 0 saturated carbocycles. The number of carbonyl (C=O) groups excluding carboxylic acids is 1. The van der Waals surface area contributed by atoms with Crippen LogP contribution in [0.4, 0.5) is 5.88 Å². The molecule has 0 aliphatic rings. The van der Waals surface area contributed by atoms with Gasteiger partial charge < -0.3 is 13.9 Å². The Morgan fingerprint density at radius 3 is 2.57 bits per heavy atom. The minimum Gasteiger partial charge on any atom is -0.493 e. The average Bonchev–Trinajstić information content (AvgIpc) is 3.29. The number of fused-ring (bicyclic) bond motifs is 1. The van der Waals surface area contributed by atoms with Crippen molar-refractivity contribution in [2.45, 2.75) is 0 Å². The Morgan fingerprint density at radius 2 is 1.87 bits per heavy atom. The van der Waals surface area contributed by atoms with E-state index in [0.717, 1.165) is 0 Å². The number of halogens is 1. The molecule has 1 amide bonds. The summed E-state index contributed by atoms with van der Waals surface area (Å²) in [4.78, 5) is 26.5. The average molecular weight is 442 g/mol. The van der Waals surface area contributed by atoms with Gasteiger partial charge in [-0.1, -0.05) is 23.7 Å². The fourth-order valence-electron chi connectivity index (χ4n) is 3.08. The van der Waals surface area contributed by atoms with E-state index in [9.17, 15) is 9.59 Å². The number of thiophene rings is 1. The highest BCUT2D eigenvalue weighted by atomic mass is 35.5. The molecule has 2 heterocycles. The van der Waals surface area contributed by atoms with E-state index >= 15 is 0 Å². The van der Waals surface area contributed by atoms with E-state index in [1.807, 2.05) is 0 Å². The number of hydrogen-bond donors (Lipinski definition) is 1. The van der Waals surface area contributed by atoms with Crippen molar-refractivity contribution >= 4 is 45.7 Å². The maximum absolute atomic E-state index is 13.4. The van der Waals surface area contributed by atoms with Crippen molar-refractivity contribution in [3.05, 3.63) is 74.0 Å². The molecule has 0 fully saturated rings. The molecule has 0 spiro atoms. The fourth-order valence-corrected chi connectivity index (χ4v) is 3.87. The zero-order valence-corrected chi connectivity index (χ0v) is 17.6. The van der Waals surface area contributed by atoms with Crippen LogP contribution in [0.1, 0.15) is 9.67 Å². The topological polar surface area (TPSA) is 77.8 Å². The number of ether oxygens (including phenoxy) is 2. The molecular formula is C22H16ClNO5S. The zero-order valence-electron chi connectivity index (χ0n) is 16.0. The predicted octanol–water partition coefficient (Wildman–Crippen LogP) is 5.44. The Balaban J connectivity index is 1.94. The maximum atomic E-state index is 13.4. The second-order valence-electron chi connectivity index (χ2n) is 6.28. The van der Waals surface area contributed by atoms with Crippen LogP contribution in [0.15, 0.2) is 63.1 Å². The summed E-state index contributed by atoms with van der Waals surface area (Å²) >= 11 is 7.37. The number of nitrogens with one attached hydrogen (secondary N) is 1. The first-order chi connectivity index (χ1) is 14.5. The summed E-state index contributed by atoms with van der Waals surface area (Å²) in [6.45, 7) is 0. The van der Waals surface area contributed by atoms with Gasteiger partial charge >= 0.3 is 0 Å². The minimum absolute atomic E-state index is 0.0421. The van der Waals surface area contributed by atoms with Gasteiger partial charge in [0.05, 0.1) is 30.0 Å². The Morgan fingerprint density at radius 1 is 1.07 bits per heavy atom. The molecule has 0 saturated heterocycles. The van der Waals surface area contributed by atoms with Gasteiger partial charge in [0.1, 0.15) is 5.58 Å². The lowest BCUT2D eigenvalue weighted by atomic mass is 10.0. The van der Waals surface area contributed by atoms with Gasteiger partial charge in [0, 0.05) is 5.02 Å². The van der Waals surface area contributed by atoms with Gasteiger partial charge in [0.15, 0.2) is 11.5 Å². The molecule has 2 aromatic heterocycles. The highest BCUT2D eigenvalue weighted by molar-refractivity contribution is 7.12. The third-order valence-electron chi connectivity index (χ3n) is 4.50. The monoisotopic (exact) mass is 441 g/mol. The lowest BCUT2D eigenvalue weighted by molar-refractivity contribution is 0.102. The van der Waals surface area contributed by atoms with Crippen molar-refractivity contribution in [1.29, 1.82) is 0 Å². The molecule has 4 aromatic rings. The zero-order chi connectivity index (χ0) is 21.3. The van der Waals surface area contributed by atoms with Gasteiger partial charge in [-0.25, -0.2) is 0 Å². The van der Waals surface area contributed by atoms with Crippen molar-refractivity contribution in [2.24, 2.45) is 0 Å². The largest absolute Gasteiger partial charge is 0.493 e. The molecule has 30 heavy (non-hydrogen) atoms. The molecule has 0 aliphatic heterocycles. The van der Waals surface area contributed by atoms with Gasteiger partial charge in [-0.05, 0) is 47.3 Å². The van der Waals surface area contributed by atoms with Crippen molar-refractivity contribution < 1.29 is 18.7 Å². The van der Waals surface area contributed by atoms with Gasteiger partial charge in [0.2, 0.25) is 11.3 Å². The van der Waals surface area contributed by atoms with Crippen molar-refractivity contribution in [1.82, 2.24) is 0 Å². The molecule has 152 valence electrons. The molecule has 0 bridgehead atoms. The number of amides is 1. The second-order valence-corrected chi connectivity index (χ2v) is 7.66. The maximum Gasteiger partial charge on any atom is 0.268 e. The number of carbonyl (C=O) groups is 1. The first-order valence-electron chi connectivity index (χ1n) is 8.85. The van der Waals surface area contributed by atoms with Crippen molar-refractivity contribution in [2.75, 3.05) is 19.5 Å². The molecular weight excluding hydrogens is 426 g/mol. The van der Waals surface area contributed by atoms with Crippen LogP contribution in [0.3, 0.4) is 0 Å². The standard InChI is InChI=1S/C22H16ClNO5S/c1-27-16-7-5-12(10-17(16)28-2)19-20(25)14-11-13(23)6-8-15(14)29-22(19)24-21(26)18-4-3-9-30-18/h3-11H,1-2H3,(H,24,26). The number of rotatable bonds is 5. The summed E-state index contributed by atoms with van der Waals surface area (Å²) < 4.78 is 16.6. The predicted molar refractivity (Wildman–Crippen MR) is 118 cm³/mol. The quantitative estimate of drug-likeness (QED) is 0.446. The molecule has 2 aromatic carbocycles. The second kappa shape index (κ2) is 8.22. The van der Waals surface area contributed by atoms with Gasteiger partial charge in [0.25, 0.3) is 5.91 Å². The molecule has 6 nitrogen and oxygen atoms in total. The Hall–Kier alpha value is -3.29. The summed E-state index contributed by atoms with van der Waals surface area (Å²) in [7, 11) is 3.03. The van der Waals surface area contributed by atoms with E-state index in [1.54, 1.807) is 47.8 Å². The van der Waals surface area contributed by atoms with E-state index in [-0.39, 0.29) is 22.8 Å². The third kappa shape index (κ3) is 3.65. The molecule has 1 N–H and O–H groups in total. The molecule has 0 radical (unpaired) electrons. The highest BCUT2D eigenvalue weighted by Crippen LogP contribution is 2.35. The Bertz CT molecular complexity index is 1300.